The van der Waals surface area contributed by atoms with E-state index in [1.54, 1.807) is 32.2 Å². The summed E-state index contributed by atoms with van der Waals surface area (Å²) in [6.45, 7) is 7.62. The Bertz CT molecular complexity index is 1600. The highest BCUT2D eigenvalue weighted by Gasteiger charge is 2.42. The van der Waals surface area contributed by atoms with Crippen LogP contribution in [0.5, 0.6) is 5.75 Å². The van der Waals surface area contributed by atoms with Gasteiger partial charge in [-0.2, -0.15) is 0 Å². The predicted octanol–water partition coefficient (Wildman–Crippen LogP) is 3.91. The molecule has 0 bridgehead atoms. The fourth-order valence-corrected chi connectivity index (χ4v) is 5.01. The monoisotopic (exact) mass is 658 g/mol. The fourth-order valence-electron chi connectivity index (χ4n) is 5.01. The van der Waals surface area contributed by atoms with Gasteiger partial charge in [-0.05, 0) is 50.4 Å². The number of nitrogens with one attached hydrogen (secondary N) is 5. The molecule has 1 fully saturated rings. The maximum atomic E-state index is 14.0. The second-order valence-corrected chi connectivity index (χ2v) is 11.8. The second-order valence-electron chi connectivity index (χ2n) is 11.8. The van der Waals surface area contributed by atoms with Gasteiger partial charge in [-0.3, -0.25) is 19.7 Å². The van der Waals surface area contributed by atoms with Gasteiger partial charge in [0, 0.05) is 18.0 Å². The molecule has 4 rings (SSSR count). The molecule has 46 heavy (non-hydrogen) atoms. The molecule has 0 aliphatic carbocycles. The van der Waals surface area contributed by atoms with Crippen LogP contribution in [-0.2, 0) is 14.4 Å². The number of nitrogens with zero attached hydrogens (tertiary/aromatic N) is 3. The molecule has 0 saturated carbocycles. The van der Waals surface area contributed by atoms with Crippen molar-refractivity contribution in [3.63, 3.8) is 0 Å². The Kier molecular flexibility index (Phi) is 11.8. The molecule has 3 atom stereocenters. The topological polar surface area (TPSA) is 167 Å². The van der Waals surface area contributed by atoms with E-state index in [4.69, 9.17) is 4.74 Å². The number of carbonyl (C=O) groups excluding carboxylic acids is 4. The molecule has 15 heteroatoms. The largest absolute Gasteiger partial charge is 0.494 e. The van der Waals surface area contributed by atoms with Crippen molar-refractivity contribution >= 4 is 64.3 Å². The molecule has 248 valence electrons. The van der Waals surface area contributed by atoms with Crippen molar-refractivity contribution in [1.82, 2.24) is 25.5 Å². The lowest BCUT2D eigenvalue weighted by Gasteiger charge is -2.36. The van der Waals surface area contributed by atoms with E-state index in [0.29, 0.717) is 36.0 Å². The van der Waals surface area contributed by atoms with Gasteiger partial charge in [-0.1, -0.05) is 32.9 Å². The molecule has 2 aromatic carbocycles. The van der Waals surface area contributed by atoms with E-state index in [-0.39, 0.29) is 41.4 Å². The summed E-state index contributed by atoms with van der Waals surface area (Å²) in [5.74, 6) is -1.29. The molecule has 2 heterocycles. The van der Waals surface area contributed by atoms with E-state index in [9.17, 15) is 23.6 Å². The normalized spacial score (nSPS) is 15.7. The highest BCUT2D eigenvalue weighted by Crippen LogP contribution is 2.33. The molecule has 1 aliphatic rings. The number of aromatic nitrogens is 2. The van der Waals surface area contributed by atoms with Crippen molar-refractivity contribution in [3.8, 4) is 5.75 Å². The number of halogens is 2. The molecule has 13 nitrogen and oxygen atoms in total. The van der Waals surface area contributed by atoms with Crippen LogP contribution in [0.1, 0.15) is 40.5 Å². The number of benzene rings is 2. The summed E-state index contributed by atoms with van der Waals surface area (Å²) in [7, 11) is 3.10. The molecule has 3 unspecified atom stereocenters. The summed E-state index contributed by atoms with van der Waals surface area (Å²) in [5.41, 5.74) is 0.0554. The Morgan fingerprint density at radius 2 is 1.76 bits per heavy atom. The van der Waals surface area contributed by atoms with Gasteiger partial charge in [-0.15, -0.1) is 12.4 Å². The summed E-state index contributed by atoms with van der Waals surface area (Å²) >= 11 is 0. The van der Waals surface area contributed by atoms with Gasteiger partial charge in [0.1, 0.15) is 35.8 Å². The zero-order chi connectivity index (χ0) is 32.9. The van der Waals surface area contributed by atoms with Gasteiger partial charge < -0.3 is 30.9 Å². The Labute approximate surface area is 272 Å². The summed E-state index contributed by atoms with van der Waals surface area (Å²) < 4.78 is 19.6. The van der Waals surface area contributed by atoms with Crippen molar-refractivity contribution in [1.29, 1.82) is 0 Å². The highest BCUT2D eigenvalue weighted by atomic mass is 35.5. The minimum atomic E-state index is -0.856. The van der Waals surface area contributed by atoms with Crippen LogP contribution in [0.15, 0.2) is 42.7 Å². The van der Waals surface area contributed by atoms with E-state index in [0.717, 1.165) is 0 Å². The molecule has 5 N–H and O–H groups in total. The van der Waals surface area contributed by atoms with Crippen molar-refractivity contribution in [2.24, 2.45) is 5.41 Å². The minimum Gasteiger partial charge on any atom is -0.494 e. The lowest BCUT2D eigenvalue weighted by molar-refractivity contribution is -0.143. The van der Waals surface area contributed by atoms with Crippen LogP contribution in [0, 0.1) is 11.2 Å². The summed E-state index contributed by atoms with van der Waals surface area (Å²) in [6, 6.07) is 5.99. The quantitative estimate of drug-likeness (QED) is 0.231. The van der Waals surface area contributed by atoms with Crippen LogP contribution in [0.2, 0.25) is 0 Å². The number of para-hydroxylation sites is 1. The lowest BCUT2D eigenvalue weighted by atomic mass is 9.85. The number of hydrogen-bond donors (Lipinski definition) is 5. The Morgan fingerprint density at radius 3 is 2.41 bits per heavy atom. The number of anilines is 3. The third-order valence-corrected chi connectivity index (χ3v) is 7.63. The first-order valence-electron chi connectivity index (χ1n) is 14.6. The molecule has 0 spiro atoms. The lowest BCUT2D eigenvalue weighted by Crippen LogP contribution is -2.59. The van der Waals surface area contributed by atoms with Gasteiger partial charge in [0.05, 0.1) is 30.0 Å². The summed E-state index contributed by atoms with van der Waals surface area (Å²) in [5, 5.41) is 14.0. The summed E-state index contributed by atoms with van der Waals surface area (Å²) in [6.07, 6.45) is 2.29. The number of ether oxygens (including phenoxy) is 1. The zero-order valence-corrected chi connectivity index (χ0v) is 27.4. The van der Waals surface area contributed by atoms with Crippen molar-refractivity contribution in [2.45, 2.75) is 58.7 Å². The van der Waals surface area contributed by atoms with Crippen LogP contribution >= 0.6 is 12.4 Å². The fraction of sp³-hybridized carbons (Fsp3) is 0.419. The average Bonchev–Trinajstić information content (AvgIpc) is 3.50. The predicted molar refractivity (Wildman–Crippen MR) is 176 cm³/mol. The van der Waals surface area contributed by atoms with Crippen molar-refractivity contribution in [2.75, 3.05) is 36.7 Å². The number of hydrogen-bond acceptors (Lipinski definition) is 8. The van der Waals surface area contributed by atoms with Crippen LogP contribution in [0.3, 0.4) is 0 Å². The maximum absolute atomic E-state index is 14.0. The number of likely N-dealkylation sites (tertiary alicyclic amines) is 1. The Hall–Kier alpha value is -4.56. The van der Waals surface area contributed by atoms with Crippen LogP contribution < -0.4 is 31.3 Å². The molecular formula is C31H40ClFN8O5. The first-order valence-corrected chi connectivity index (χ1v) is 14.6. The summed E-state index contributed by atoms with van der Waals surface area (Å²) in [4.78, 5) is 62.8. The first-order chi connectivity index (χ1) is 21.3. The van der Waals surface area contributed by atoms with Gasteiger partial charge in [0.15, 0.2) is 0 Å². The van der Waals surface area contributed by atoms with E-state index >= 15 is 0 Å². The number of fused-ring (bicyclic) bond motifs is 1. The smallest absolute Gasteiger partial charge is 0.324 e. The standard InChI is InChI=1S/C31H39FN8O5.ClH/c1-17(33-5)27(41)38-25(31(2,3)4)29(43)40-13-9-12-23(40)28(42)36-22-14-18-21(15-24(22)45-6)34-16-35-26(18)39-30(44)37-20-11-8-7-10-19(20)32;/h7-8,10-11,14-17,23,25,33H,9,12-13H2,1-6H3,(H,36,42)(H,38,41)(H2,34,35,37,39,44);1H. The van der Waals surface area contributed by atoms with Crippen molar-refractivity contribution in [3.05, 3.63) is 48.5 Å². The van der Waals surface area contributed by atoms with E-state index in [1.807, 2.05) is 20.8 Å². The molecular weight excluding hydrogens is 619 g/mol. The second kappa shape index (κ2) is 15.1. The molecule has 0 radical (unpaired) electrons. The van der Waals surface area contributed by atoms with E-state index < -0.39 is 41.3 Å². The van der Waals surface area contributed by atoms with Crippen LogP contribution in [-0.4, -0.2) is 77.4 Å². The van der Waals surface area contributed by atoms with Crippen LogP contribution in [0.25, 0.3) is 10.9 Å². The third kappa shape index (κ3) is 8.17. The first kappa shape index (κ1) is 35.9. The SMILES string of the molecule is CNC(C)C(=O)NC(C(=O)N1CCCC1C(=O)Nc1cc2c(NC(=O)Nc3ccccc3F)ncnc2cc1OC)C(C)(C)C.Cl. The maximum Gasteiger partial charge on any atom is 0.324 e. The molecule has 5 amide bonds. The van der Waals surface area contributed by atoms with Gasteiger partial charge in [0.2, 0.25) is 17.7 Å². The minimum absolute atomic E-state index is 0. The molecule has 1 aliphatic heterocycles. The Morgan fingerprint density at radius 1 is 1.04 bits per heavy atom. The van der Waals surface area contributed by atoms with E-state index in [2.05, 4.69) is 36.6 Å². The van der Waals surface area contributed by atoms with Crippen molar-refractivity contribution < 1.29 is 28.3 Å². The van der Waals surface area contributed by atoms with E-state index in [1.165, 1.54) is 36.5 Å². The number of rotatable bonds is 9. The van der Waals surface area contributed by atoms with Crippen LogP contribution in [0.4, 0.5) is 26.4 Å². The third-order valence-electron chi connectivity index (χ3n) is 7.63. The van der Waals surface area contributed by atoms with Gasteiger partial charge >= 0.3 is 6.03 Å². The molecule has 3 aromatic rings. The number of likely N-dealkylation sites (N-methyl/N-ethyl adjacent to an activating group) is 1. The molecule has 1 aromatic heterocycles. The van der Waals surface area contributed by atoms with Gasteiger partial charge in [-0.25, -0.2) is 19.2 Å². The average molecular weight is 659 g/mol. The molecule has 1 saturated heterocycles. The number of methoxy groups -OCH3 is 1. The number of carbonyl (C=O) groups is 4. The number of urea groups is 1. The number of amides is 5. The Balaban J connectivity index is 0.00000576. The highest BCUT2D eigenvalue weighted by molar-refractivity contribution is 6.07. The van der Waals surface area contributed by atoms with Gasteiger partial charge in [0.25, 0.3) is 0 Å². The zero-order valence-electron chi connectivity index (χ0n) is 26.6.